The predicted octanol–water partition coefficient (Wildman–Crippen LogP) is 3.37. The van der Waals surface area contributed by atoms with E-state index in [9.17, 15) is 19.2 Å². The summed E-state index contributed by atoms with van der Waals surface area (Å²) in [5.74, 6) is -2.00. The number of carbonyl (C=O) groups is 4. The Morgan fingerprint density at radius 3 is 2.86 bits per heavy atom. The van der Waals surface area contributed by atoms with E-state index in [0.29, 0.717) is 11.5 Å². The van der Waals surface area contributed by atoms with Gasteiger partial charge in [-0.25, -0.2) is 14.2 Å². The summed E-state index contributed by atoms with van der Waals surface area (Å²) in [4.78, 5) is 54.6. The standard InChI is InChI=1S/C26H23FN4O5S/c27-22-14(5-4-13-10-31(25(34)21(13)22)18-6-7-20(32)30-24(18)33)11-36-26(35)29-16-8-15(9-16)17-2-1-3-19-23(17)28-12-37-19/h1-5,12,15-16,18H,6-11H2,(H,29,35)(H,30,32,33). The summed E-state index contributed by atoms with van der Waals surface area (Å²) >= 11 is 1.60. The molecule has 3 heterocycles. The lowest BCUT2D eigenvalue weighted by Gasteiger charge is -2.35. The highest BCUT2D eigenvalue weighted by Crippen LogP contribution is 2.40. The van der Waals surface area contributed by atoms with E-state index in [1.54, 1.807) is 17.4 Å². The number of para-hydroxylation sites is 1. The van der Waals surface area contributed by atoms with E-state index >= 15 is 4.39 Å². The number of hydrogen-bond acceptors (Lipinski definition) is 7. The molecule has 0 bridgehead atoms. The summed E-state index contributed by atoms with van der Waals surface area (Å²) < 4.78 is 21.6. The first-order chi connectivity index (χ1) is 17.9. The fourth-order valence-electron chi connectivity index (χ4n) is 5.34. The number of rotatable bonds is 5. The van der Waals surface area contributed by atoms with Crippen LogP contribution in [0.25, 0.3) is 10.2 Å². The van der Waals surface area contributed by atoms with Crippen molar-refractivity contribution in [2.24, 2.45) is 0 Å². The van der Waals surface area contributed by atoms with Crippen molar-refractivity contribution in [3.8, 4) is 0 Å². The van der Waals surface area contributed by atoms with Gasteiger partial charge in [-0.2, -0.15) is 0 Å². The number of carbonyl (C=O) groups excluding carboxylic acids is 4. The second-order valence-corrected chi connectivity index (χ2v) is 10.5. The number of imide groups is 1. The minimum Gasteiger partial charge on any atom is -0.445 e. The van der Waals surface area contributed by atoms with E-state index < -0.39 is 29.8 Å². The van der Waals surface area contributed by atoms with Crippen LogP contribution in [0.3, 0.4) is 0 Å². The van der Waals surface area contributed by atoms with Crippen LogP contribution in [0.15, 0.2) is 35.8 Å². The van der Waals surface area contributed by atoms with Crippen LogP contribution in [0.2, 0.25) is 0 Å². The van der Waals surface area contributed by atoms with Gasteiger partial charge in [-0.1, -0.05) is 24.3 Å². The third-order valence-electron chi connectivity index (χ3n) is 7.36. The Balaban J connectivity index is 1.04. The molecule has 3 aliphatic rings. The molecule has 1 unspecified atom stereocenters. The molecule has 2 aromatic carbocycles. The number of piperidine rings is 1. The highest BCUT2D eigenvalue weighted by molar-refractivity contribution is 7.16. The quantitative estimate of drug-likeness (QED) is 0.496. The van der Waals surface area contributed by atoms with E-state index in [1.165, 1.54) is 16.5 Å². The van der Waals surface area contributed by atoms with Crippen LogP contribution < -0.4 is 10.6 Å². The monoisotopic (exact) mass is 522 g/mol. The first kappa shape index (κ1) is 23.5. The minimum atomic E-state index is -0.823. The average Bonchev–Trinajstić information content (AvgIpc) is 3.46. The van der Waals surface area contributed by atoms with Gasteiger partial charge in [0.25, 0.3) is 5.91 Å². The van der Waals surface area contributed by atoms with Crippen molar-refractivity contribution >= 4 is 45.4 Å². The molecule has 6 rings (SSSR count). The van der Waals surface area contributed by atoms with Gasteiger partial charge < -0.3 is 15.0 Å². The summed E-state index contributed by atoms with van der Waals surface area (Å²) in [6.45, 7) is -0.249. The van der Waals surface area contributed by atoms with Crippen LogP contribution in [0.1, 0.15) is 58.6 Å². The molecule has 37 heavy (non-hydrogen) atoms. The Morgan fingerprint density at radius 2 is 2.05 bits per heavy atom. The number of amides is 4. The number of nitrogens with zero attached hydrogens (tertiary/aromatic N) is 2. The molecule has 3 aromatic rings. The SMILES string of the molecule is O=C1CCC(N2Cc3ccc(COC(=O)NC4CC(c5cccc6scnc56)C4)c(F)c3C2=O)C(=O)N1. The second-order valence-electron chi connectivity index (χ2n) is 9.60. The molecule has 1 atom stereocenters. The summed E-state index contributed by atoms with van der Waals surface area (Å²) in [7, 11) is 0. The van der Waals surface area contributed by atoms with Gasteiger partial charge in [-0.05, 0) is 42.4 Å². The van der Waals surface area contributed by atoms with Crippen LogP contribution in [0.4, 0.5) is 9.18 Å². The fourth-order valence-corrected chi connectivity index (χ4v) is 6.05. The van der Waals surface area contributed by atoms with Gasteiger partial charge in [0.15, 0.2) is 0 Å². The van der Waals surface area contributed by atoms with E-state index in [4.69, 9.17) is 4.74 Å². The molecule has 1 saturated carbocycles. The lowest BCUT2D eigenvalue weighted by Crippen LogP contribution is -2.52. The highest BCUT2D eigenvalue weighted by atomic mass is 32.1. The number of benzene rings is 2. The van der Waals surface area contributed by atoms with Crippen molar-refractivity contribution in [1.82, 2.24) is 20.5 Å². The van der Waals surface area contributed by atoms with Crippen LogP contribution in [-0.2, 0) is 27.5 Å². The number of hydrogen-bond donors (Lipinski definition) is 2. The maximum absolute atomic E-state index is 15.2. The number of aromatic nitrogens is 1. The molecule has 4 amide bonds. The van der Waals surface area contributed by atoms with E-state index in [2.05, 4.69) is 21.7 Å². The molecule has 9 nitrogen and oxygen atoms in total. The number of ether oxygens (including phenoxy) is 1. The Kier molecular flexibility index (Phi) is 5.86. The van der Waals surface area contributed by atoms with E-state index in [0.717, 1.165) is 23.1 Å². The fraction of sp³-hybridized carbons (Fsp3) is 0.346. The molecule has 1 aliphatic carbocycles. The maximum Gasteiger partial charge on any atom is 0.407 e. The van der Waals surface area contributed by atoms with Gasteiger partial charge in [0.1, 0.15) is 18.5 Å². The Bertz CT molecular complexity index is 1450. The topological polar surface area (TPSA) is 118 Å². The van der Waals surface area contributed by atoms with Crippen molar-refractivity contribution in [2.75, 3.05) is 0 Å². The second kappa shape index (κ2) is 9.22. The van der Waals surface area contributed by atoms with Crippen LogP contribution in [0, 0.1) is 5.82 Å². The first-order valence-corrected chi connectivity index (χ1v) is 13.0. The van der Waals surface area contributed by atoms with Gasteiger partial charge in [-0.3, -0.25) is 19.7 Å². The molecular weight excluding hydrogens is 499 g/mol. The lowest BCUT2D eigenvalue weighted by molar-refractivity contribution is -0.136. The van der Waals surface area contributed by atoms with E-state index in [-0.39, 0.29) is 49.1 Å². The molecule has 11 heteroatoms. The maximum atomic E-state index is 15.2. The molecule has 0 spiro atoms. The minimum absolute atomic E-state index is 0.0417. The van der Waals surface area contributed by atoms with Crippen LogP contribution in [-0.4, -0.2) is 45.8 Å². The Labute approximate surface area is 215 Å². The van der Waals surface area contributed by atoms with Gasteiger partial charge in [0.2, 0.25) is 11.8 Å². The smallest absolute Gasteiger partial charge is 0.407 e. The third-order valence-corrected chi connectivity index (χ3v) is 8.15. The molecule has 0 radical (unpaired) electrons. The molecule has 2 fully saturated rings. The predicted molar refractivity (Wildman–Crippen MR) is 131 cm³/mol. The van der Waals surface area contributed by atoms with Crippen LogP contribution >= 0.6 is 11.3 Å². The van der Waals surface area contributed by atoms with Gasteiger partial charge in [0, 0.05) is 24.6 Å². The van der Waals surface area contributed by atoms with Gasteiger partial charge in [0.05, 0.1) is 21.3 Å². The summed E-state index contributed by atoms with van der Waals surface area (Å²) in [5.41, 5.74) is 4.44. The molecule has 1 saturated heterocycles. The number of alkyl carbamates (subject to hydrolysis) is 1. The zero-order chi connectivity index (χ0) is 25.7. The van der Waals surface area contributed by atoms with Crippen LogP contribution in [0.5, 0.6) is 0 Å². The van der Waals surface area contributed by atoms with Crippen molar-refractivity contribution in [3.63, 3.8) is 0 Å². The molecular formula is C26H23FN4O5S. The van der Waals surface area contributed by atoms with Crippen molar-refractivity contribution in [3.05, 3.63) is 63.9 Å². The van der Waals surface area contributed by atoms with Gasteiger partial charge in [-0.15, -0.1) is 11.3 Å². The summed E-state index contributed by atoms with van der Waals surface area (Å²) in [5, 5.41) is 5.04. The molecule has 2 N–H and O–H groups in total. The largest absolute Gasteiger partial charge is 0.445 e. The molecule has 2 aliphatic heterocycles. The Morgan fingerprint density at radius 1 is 1.22 bits per heavy atom. The number of nitrogens with one attached hydrogen (secondary N) is 2. The zero-order valence-electron chi connectivity index (χ0n) is 19.7. The zero-order valence-corrected chi connectivity index (χ0v) is 20.5. The van der Waals surface area contributed by atoms with E-state index in [1.807, 2.05) is 17.6 Å². The first-order valence-electron chi connectivity index (χ1n) is 12.1. The average molecular weight is 523 g/mol. The molecule has 1 aromatic heterocycles. The van der Waals surface area contributed by atoms with Crippen molar-refractivity contribution < 1.29 is 28.3 Å². The highest BCUT2D eigenvalue weighted by Gasteiger charge is 2.41. The number of halogens is 1. The third kappa shape index (κ3) is 4.22. The lowest BCUT2D eigenvalue weighted by atomic mass is 9.75. The van der Waals surface area contributed by atoms with Crippen molar-refractivity contribution in [2.45, 2.75) is 56.8 Å². The normalized spacial score (nSPS) is 23.0. The van der Waals surface area contributed by atoms with Crippen molar-refractivity contribution in [1.29, 1.82) is 0 Å². The Hall–Kier alpha value is -3.86. The number of fused-ring (bicyclic) bond motifs is 2. The summed E-state index contributed by atoms with van der Waals surface area (Å²) in [6, 6.07) is 8.35. The number of thiazole rings is 1. The van der Waals surface area contributed by atoms with Gasteiger partial charge >= 0.3 is 6.09 Å². The molecule has 190 valence electrons. The summed E-state index contributed by atoms with van der Waals surface area (Å²) in [6.07, 6.45) is 1.21.